The first-order chi connectivity index (χ1) is 13.6. The third-order valence-corrected chi connectivity index (χ3v) is 4.77. The molecule has 28 heavy (non-hydrogen) atoms. The second-order valence-corrected chi connectivity index (χ2v) is 7.02. The van der Waals surface area contributed by atoms with Crippen molar-refractivity contribution in [1.29, 1.82) is 0 Å². The first-order valence-electron chi connectivity index (χ1n) is 9.74. The smallest absolute Gasteiger partial charge is 0.231 e. The molecule has 0 aliphatic carbocycles. The van der Waals surface area contributed by atoms with Crippen molar-refractivity contribution in [3.8, 4) is 11.1 Å². The minimum atomic E-state index is -0.220. The van der Waals surface area contributed by atoms with Crippen LogP contribution < -0.4 is 10.6 Å². The van der Waals surface area contributed by atoms with Crippen LogP contribution in [0.2, 0.25) is 0 Å². The largest absolute Gasteiger partial charge is 0.385 e. The lowest BCUT2D eigenvalue weighted by Gasteiger charge is -2.14. The topological polar surface area (TPSA) is 54.0 Å². The lowest BCUT2D eigenvalue weighted by Crippen LogP contribution is -2.18. The SMILES string of the molecule is CCCNc1ccc(C(C)C(=O)Nc2ccc(-c3ccnc(C)c3)cc2)cc1. The minimum Gasteiger partial charge on any atom is -0.385 e. The number of pyridine rings is 1. The van der Waals surface area contributed by atoms with Gasteiger partial charge in [-0.25, -0.2) is 0 Å². The zero-order valence-electron chi connectivity index (χ0n) is 16.7. The normalized spacial score (nSPS) is 11.7. The molecule has 0 aliphatic heterocycles. The third kappa shape index (κ3) is 4.97. The van der Waals surface area contributed by atoms with Crippen molar-refractivity contribution in [3.63, 3.8) is 0 Å². The lowest BCUT2D eigenvalue weighted by atomic mass is 9.99. The Morgan fingerprint density at radius 2 is 1.64 bits per heavy atom. The molecule has 0 bridgehead atoms. The van der Waals surface area contributed by atoms with Gasteiger partial charge in [-0.3, -0.25) is 9.78 Å². The lowest BCUT2D eigenvalue weighted by molar-refractivity contribution is -0.117. The summed E-state index contributed by atoms with van der Waals surface area (Å²) in [6.45, 7) is 6.99. The summed E-state index contributed by atoms with van der Waals surface area (Å²) in [5.74, 6) is -0.232. The Labute approximate surface area is 167 Å². The van der Waals surface area contributed by atoms with Crippen molar-refractivity contribution in [1.82, 2.24) is 4.98 Å². The van der Waals surface area contributed by atoms with Crippen LogP contribution in [0.1, 0.15) is 37.4 Å². The van der Waals surface area contributed by atoms with Gasteiger partial charge in [-0.05, 0) is 73.4 Å². The summed E-state index contributed by atoms with van der Waals surface area (Å²) in [7, 11) is 0. The number of aryl methyl sites for hydroxylation is 1. The van der Waals surface area contributed by atoms with Crippen LogP contribution in [-0.2, 0) is 4.79 Å². The summed E-state index contributed by atoms with van der Waals surface area (Å²) < 4.78 is 0. The Hall–Kier alpha value is -3.14. The molecule has 2 aromatic carbocycles. The van der Waals surface area contributed by atoms with Gasteiger partial charge in [0.15, 0.2) is 0 Å². The molecule has 4 heteroatoms. The van der Waals surface area contributed by atoms with E-state index in [0.29, 0.717) is 0 Å². The first kappa shape index (κ1) is 19.6. The molecule has 0 radical (unpaired) electrons. The number of carbonyl (C=O) groups is 1. The maximum Gasteiger partial charge on any atom is 0.231 e. The zero-order valence-corrected chi connectivity index (χ0v) is 16.7. The summed E-state index contributed by atoms with van der Waals surface area (Å²) >= 11 is 0. The van der Waals surface area contributed by atoms with Gasteiger partial charge in [0.1, 0.15) is 0 Å². The van der Waals surface area contributed by atoms with Crippen LogP contribution in [-0.4, -0.2) is 17.4 Å². The second kappa shape index (κ2) is 9.18. The first-order valence-corrected chi connectivity index (χ1v) is 9.74. The predicted octanol–water partition coefficient (Wildman–Crippen LogP) is 5.62. The molecule has 0 saturated carbocycles. The van der Waals surface area contributed by atoms with E-state index < -0.39 is 0 Å². The Morgan fingerprint density at radius 1 is 0.964 bits per heavy atom. The van der Waals surface area contributed by atoms with Crippen LogP contribution in [0.3, 0.4) is 0 Å². The van der Waals surface area contributed by atoms with E-state index in [1.54, 1.807) is 0 Å². The van der Waals surface area contributed by atoms with Crippen LogP contribution in [0, 0.1) is 6.92 Å². The highest BCUT2D eigenvalue weighted by Crippen LogP contribution is 2.23. The van der Waals surface area contributed by atoms with Gasteiger partial charge in [0.25, 0.3) is 0 Å². The van der Waals surface area contributed by atoms with Gasteiger partial charge in [0.2, 0.25) is 5.91 Å². The molecule has 144 valence electrons. The monoisotopic (exact) mass is 373 g/mol. The van der Waals surface area contributed by atoms with Crippen molar-refractivity contribution in [2.75, 3.05) is 17.2 Å². The number of nitrogens with zero attached hydrogens (tertiary/aromatic N) is 1. The highest BCUT2D eigenvalue weighted by atomic mass is 16.1. The molecule has 1 heterocycles. The molecular weight excluding hydrogens is 346 g/mol. The zero-order chi connectivity index (χ0) is 19.9. The fourth-order valence-electron chi connectivity index (χ4n) is 3.03. The number of benzene rings is 2. The van der Waals surface area contributed by atoms with Crippen molar-refractivity contribution in [2.24, 2.45) is 0 Å². The average Bonchev–Trinajstić information content (AvgIpc) is 2.72. The molecular formula is C24H27N3O. The molecule has 0 spiro atoms. The summed E-state index contributed by atoms with van der Waals surface area (Å²) in [6.07, 6.45) is 2.89. The third-order valence-electron chi connectivity index (χ3n) is 4.77. The van der Waals surface area contributed by atoms with E-state index in [2.05, 4.69) is 28.6 Å². The Kier molecular flexibility index (Phi) is 6.43. The molecule has 0 saturated heterocycles. The molecule has 2 N–H and O–H groups in total. The second-order valence-electron chi connectivity index (χ2n) is 7.02. The maximum absolute atomic E-state index is 12.6. The van der Waals surface area contributed by atoms with Crippen molar-refractivity contribution < 1.29 is 4.79 Å². The molecule has 1 unspecified atom stereocenters. The number of aromatic nitrogens is 1. The summed E-state index contributed by atoms with van der Waals surface area (Å²) in [5, 5.41) is 6.36. The standard InChI is InChI=1S/C24H27N3O/c1-4-14-26-22-9-5-19(6-10-22)18(3)24(28)27-23-11-7-20(8-12-23)21-13-15-25-17(2)16-21/h5-13,15-16,18,26H,4,14H2,1-3H3,(H,27,28). The Bertz CT molecular complexity index is 917. The van der Waals surface area contributed by atoms with Crippen LogP contribution in [0.15, 0.2) is 66.9 Å². The molecule has 1 aromatic heterocycles. The summed E-state index contributed by atoms with van der Waals surface area (Å²) in [5.41, 5.74) is 6.10. The van der Waals surface area contributed by atoms with Crippen LogP contribution in [0.4, 0.5) is 11.4 Å². The molecule has 3 rings (SSSR count). The molecule has 1 amide bonds. The van der Waals surface area contributed by atoms with E-state index in [-0.39, 0.29) is 11.8 Å². The molecule has 4 nitrogen and oxygen atoms in total. The van der Waals surface area contributed by atoms with Gasteiger partial charge in [-0.2, -0.15) is 0 Å². The minimum absolute atomic E-state index is 0.0122. The Morgan fingerprint density at radius 3 is 2.29 bits per heavy atom. The molecule has 3 aromatic rings. The maximum atomic E-state index is 12.6. The summed E-state index contributed by atoms with van der Waals surface area (Å²) in [4.78, 5) is 16.9. The Balaban J connectivity index is 1.63. The van der Waals surface area contributed by atoms with Gasteiger partial charge in [0, 0.05) is 29.8 Å². The fourth-order valence-corrected chi connectivity index (χ4v) is 3.03. The number of amides is 1. The van der Waals surface area contributed by atoms with Gasteiger partial charge >= 0.3 is 0 Å². The van der Waals surface area contributed by atoms with E-state index in [4.69, 9.17) is 0 Å². The number of carbonyl (C=O) groups excluding carboxylic acids is 1. The van der Waals surface area contributed by atoms with Crippen molar-refractivity contribution in [3.05, 3.63) is 78.1 Å². The van der Waals surface area contributed by atoms with Gasteiger partial charge < -0.3 is 10.6 Å². The number of anilines is 2. The number of nitrogens with one attached hydrogen (secondary N) is 2. The number of hydrogen-bond acceptors (Lipinski definition) is 3. The summed E-state index contributed by atoms with van der Waals surface area (Å²) in [6, 6.07) is 20.0. The highest BCUT2D eigenvalue weighted by molar-refractivity contribution is 5.95. The number of hydrogen-bond donors (Lipinski definition) is 2. The van der Waals surface area contributed by atoms with Crippen molar-refractivity contribution in [2.45, 2.75) is 33.1 Å². The molecule has 0 aliphatic rings. The quantitative estimate of drug-likeness (QED) is 0.565. The predicted molar refractivity (Wildman–Crippen MR) is 117 cm³/mol. The number of rotatable bonds is 7. The highest BCUT2D eigenvalue weighted by Gasteiger charge is 2.15. The van der Waals surface area contributed by atoms with E-state index in [1.807, 2.05) is 74.6 Å². The average molecular weight is 374 g/mol. The van der Waals surface area contributed by atoms with E-state index in [9.17, 15) is 4.79 Å². The molecule has 0 fully saturated rings. The van der Waals surface area contributed by atoms with Gasteiger partial charge in [0.05, 0.1) is 5.92 Å². The fraction of sp³-hybridized carbons (Fsp3) is 0.250. The van der Waals surface area contributed by atoms with Crippen LogP contribution in [0.5, 0.6) is 0 Å². The van der Waals surface area contributed by atoms with E-state index in [0.717, 1.165) is 46.7 Å². The van der Waals surface area contributed by atoms with Gasteiger partial charge in [-0.1, -0.05) is 31.2 Å². The van der Waals surface area contributed by atoms with E-state index >= 15 is 0 Å². The van der Waals surface area contributed by atoms with Crippen LogP contribution in [0.25, 0.3) is 11.1 Å². The molecule has 1 atom stereocenters. The van der Waals surface area contributed by atoms with Crippen molar-refractivity contribution >= 4 is 17.3 Å². The van der Waals surface area contributed by atoms with Gasteiger partial charge in [-0.15, -0.1) is 0 Å². The van der Waals surface area contributed by atoms with E-state index in [1.165, 1.54) is 0 Å². The van der Waals surface area contributed by atoms with Crippen LogP contribution >= 0.6 is 0 Å².